The Labute approximate surface area is 307 Å². The Morgan fingerprint density at radius 1 is 0.660 bits per heavy atom. The minimum Gasteiger partial charge on any atom is -0.496 e. The highest BCUT2D eigenvalue weighted by molar-refractivity contribution is 7.99. The Kier molecular flexibility index (Phi) is 14.1. The first kappa shape index (κ1) is 37.7. The number of methoxy groups -OCH3 is 2. The molecule has 2 N–H and O–H groups in total. The predicted octanol–water partition coefficient (Wildman–Crippen LogP) is 12.0. The van der Waals surface area contributed by atoms with Crippen molar-refractivity contribution in [3.05, 3.63) is 91.9 Å². The van der Waals surface area contributed by atoms with Crippen molar-refractivity contribution >= 4 is 81.3 Å². The number of hydrogen-bond donors (Lipinski definition) is 1. The van der Waals surface area contributed by atoms with Crippen LogP contribution < -0.4 is 20.1 Å². The minimum atomic E-state index is 0.373. The Hall–Kier alpha value is -2.10. The number of hydrogen-bond acceptors (Lipinski definition) is 7. The topological polar surface area (TPSA) is 57.0 Å². The van der Waals surface area contributed by atoms with Gasteiger partial charge in [0.15, 0.2) is 0 Å². The zero-order valence-corrected chi connectivity index (χ0v) is 32.0. The molecule has 4 aromatic rings. The second-order valence-corrected chi connectivity index (χ2v) is 15.3. The van der Waals surface area contributed by atoms with Crippen molar-refractivity contribution in [1.82, 2.24) is 0 Å². The summed E-state index contributed by atoms with van der Waals surface area (Å²) in [6.07, 6.45) is 0. The molecule has 1 heterocycles. The fourth-order valence-electron chi connectivity index (χ4n) is 5.02. The van der Waals surface area contributed by atoms with E-state index in [2.05, 4.69) is 44.7 Å². The van der Waals surface area contributed by atoms with E-state index in [-0.39, 0.29) is 0 Å². The van der Waals surface area contributed by atoms with Crippen LogP contribution in [0.5, 0.6) is 11.5 Å². The molecule has 11 heteroatoms. The molecule has 0 atom stereocenters. The van der Waals surface area contributed by atoms with Gasteiger partial charge in [-0.3, -0.25) is 0 Å². The molecule has 5 rings (SSSR count). The standard InChI is InChI=1S/C20H23Cl2NO2S.C16H17Cl2NOS/c1-13(2)16-12-15(4-5-19(16)24-3)26-20-17(21)10-14(11-18(20)22)23-6-8-25-9-7-23;1-9(2)12-8-11(4-5-15(12)20-3)21-16-13(17)6-10(19)7-14(16)18/h4-5,10-13H,6-9H2,1-3H3;4-9H,19H2,1-3H3. The number of halogens is 4. The summed E-state index contributed by atoms with van der Waals surface area (Å²) in [6, 6.07) is 19.7. The van der Waals surface area contributed by atoms with Gasteiger partial charge in [-0.25, -0.2) is 0 Å². The highest BCUT2D eigenvalue weighted by Gasteiger charge is 2.18. The van der Waals surface area contributed by atoms with E-state index in [1.807, 2.05) is 36.4 Å². The quantitative estimate of drug-likeness (QED) is 0.171. The maximum Gasteiger partial charge on any atom is 0.122 e. The molecule has 1 saturated heterocycles. The van der Waals surface area contributed by atoms with Gasteiger partial charge in [-0.2, -0.15) is 0 Å². The molecule has 0 amide bonds. The molecular weight excluding hydrogens is 714 g/mol. The molecule has 0 aliphatic carbocycles. The second-order valence-electron chi connectivity index (χ2n) is 11.5. The van der Waals surface area contributed by atoms with Crippen LogP contribution in [0.3, 0.4) is 0 Å². The van der Waals surface area contributed by atoms with Crippen LogP contribution >= 0.6 is 69.9 Å². The SMILES string of the molecule is COc1ccc(Sc2c(Cl)cc(N)cc2Cl)cc1C(C)C.COc1ccc(Sc2c(Cl)cc(N3CCOCC3)cc2Cl)cc1C(C)C. The molecule has 0 spiro atoms. The molecule has 0 aromatic heterocycles. The van der Waals surface area contributed by atoms with Crippen molar-refractivity contribution < 1.29 is 14.2 Å². The van der Waals surface area contributed by atoms with Crippen LogP contribution in [0.4, 0.5) is 11.4 Å². The van der Waals surface area contributed by atoms with E-state index >= 15 is 0 Å². The summed E-state index contributed by atoms with van der Waals surface area (Å²) in [5.41, 5.74) is 9.67. The molecule has 1 fully saturated rings. The fourth-order valence-corrected chi connectivity index (χ4v) is 8.20. The van der Waals surface area contributed by atoms with Crippen LogP contribution in [0.25, 0.3) is 0 Å². The van der Waals surface area contributed by atoms with Gasteiger partial charge >= 0.3 is 0 Å². The maximum atomic E-state index is 6.58. The molecule has 1 aliphatic heterocycles. The third-order valence-electron chi connectivity index (χ3n) is 7.47. The van der Waals surface area contributed by atoms with Crippen LogP contribution in [0.15, 0.2) is 80.2 Å². The van der Waals surface area contributed by atoms with Crippen molar-refractivity contribution in [2.24, 2.45) is 0 Å². The van der Waals surface area contributed by atoms with Gasteiger partial charge in [0.05, 0.1) is 47.5 Å². The number of nitrogens with two attached hydrogens (primary N) is 1. The van der Waals surface area contributed by atoms with E-state index in [9.17, 15) is 0 Å². The number of ether oxygens (including phenoxy) is 3. The van der Waals surface area contributed by atoms with E-state index < -0.39 is 0 Å². The molecule has 4 aromatic carbocycles. The molecule has 252 valence electrons. The minimum absolute atomic E-state index is 0.373. The summed E-state index contributed by atoms with van der Waals surface area (Å²) < 4.78 is 16.3. The van der Waals surface area contributed by atoms with Crippen molar-refractivity contribution in [2.75, 3.05) is 51.2 Å². The first-order valence-corrected chi connectivity index (χ1v) is 18.3. The summed E-state index contributed by atoms with van der Waals surface area (Å²) in [7, 11) is 3.38. The van der Waals surface area contributed by atoms with Crippen molar-refractivity contribution in [3.8, 4) is 11.5 Å². The molecule has 47 heavy (non-hydrogen) atoms. The largest absolute Gasteiger partial charge is 0.496 e. The van der Waals surface area contributed by atoms with E-state index in [0.717, 1.165) is 68.6 Å². The van der Waals surface area contributed by atoms with Gasteiger partial charge in [0.1, 0.15) is 11.5 Å². The Balaban J connectivity index is 0.000000218. The zero-order chi connectivity index (χ0) is 34.2. The number of nitrogens with zero attached hydrogens (tertiary/aromatic N) is 1. The normalized spacial score (nSPS) is 13.1. The average molecular weight is 755 g/mol. The lowest BCUT2D eigenvalue weighted by atomic mass is 10.0. The lowest BCUT2D eigenvalue weighted by molar-refractivity contribution is 0.122. The highest BCUT2D eigenvalue weighted by Crippen LogP contribution is 2.44. The van der Waals surface area contributed by atoms with Gasteiger partial charge in [0.2, 0.25) is 0 Å². The fraction of sp³-hybridized carbons (Fsp3) is 0.333. The molecule has 0 radical (unpaired) electrons. The van der Waals surface area contributed by atoms with Gasteiger partial charge in [0, 0.05) is 44.0 Å². The molecule has 0 bridgehead atoms. The van der Waals surface area contributed by atoms with Crippen LogP contribution in [0.1, 0.15) is 50.7 Å². The van der Waals surface area contributed by atoms with E-state index in [4.69, 9.17) is 66.3 Å². The number of rotatable bonds is 9. The molecule has 5 nitrogen and oxygen atoms in total. The summed E-state index contributed by atoms with van der Waals surface area (Å²) in [6.45, 7) is 11.8. The lowest BCUT2D eigenvalue weighted by Crippen LogP contribution is -2.36. The van der Waals surface area contributed by atoms with Gasteiger partial charge in [-0.1, -0.05) is 97.6 Å². The van der Waals surface area contributed by atoms with Gasteiger partial charge in [0.25, 0.3) is 0 Å². The van der Waals surface area contributed by atoms with E-state index in [1.165, 1.54) is 17.3 Å². The Morgan fingerprint density at radius 3 is 1.45 bits per heavy atom. The van der Waals surface area contributed by atoms with Crippen LogP contribution in [-0.4, -0.2) is 40.5 Å². The zero-order valence-electron chi connectivity index (χ0n) is 27.3. The van der Waals surface area contributed by atoms with Gasteiger partial charge < -0.3 is 24.8 Å². The average Bonchev–Trinajstić information content (AvgIpc) is 3.04. The Bertz CT molecular complexity index is 1630. The summed E-state index contributed by atoms with van der Waals surface area (Å²) >= 11 is 28.7. The number of anilines is 2. The molecular formula is C36H40Cl4N2O3S2. The number of nitrogen functional groups attached to an aromatic ring is 1. The molecule has 0 unspecified atom stereocenters. The van der Waals surface area contributed by atoms with E-state index in [1.54, 1.807) is 38.1 Å². The van der Waals surface area contributed by atoms with E-state index in [0.29, 0.717) is 37.6 Å². The Morgan fingerprint density at radius 2 is 1.06 bits per heavy atom. The first-order chi connectivity index (χ1) is 22.4. The van der Waals surface area contributed by atoms with Crippen LogP contribution in [-0.2, 0) is 4.74 Å². The van der Waals surface area contributed by atoms with Crippen molar-refractivity contribution in [3.63, 3.8) is 0 Å². The van der Waals surface area contributed by atoms with Gasteiger partial charge in [-0.05, 0) is 83.6 Å². The number of morpholine rings is 1. The highest BCUT2D eigenvalue weighted by atomic mass is 35.5. The summed E-state index contributed by atoms with van der Waals surface area (Å²) in [5.74, 6) is 2.55. The lowest BCUT2D eigenvalue weighted by Gasteiger charge is -2.29. The summed E-state index contributed by atoms with van der Waals surface area (Å²) in [4.78, 5) is 6.10. The smallest absolute Gasteiger partial charge is 0.122 e. The number of benzene rings is 4. The second kappa shape index (κ2) is 17.5. The summed E-state index contributed by atoms with van der Waals surface area (Å²) in [5, 5.41) is 2.47. The third-order valence-corrected chi connectivity index (χ3v) is 11.4. The van der Waals surface area contributed by atoms with Crippen LogP contribution in [0, 0.1) is 0 Å². The molecule has 1 aliphatic rings. The first-order valence-electron chi connectivity index (χ1n) is 15.2. The monoisotopic (exact) mass is 752 g/mol. The van der Waals surface area contributed by atoms with Crippen molar-refractivity contribution in [1.29, 1.82) is 0 Å². The van der Waals surface area contributed by atoms with Crippen LogP contribution in [0.2, 0.25) is 20.1 Å². The maximum absolute atomic E-state index is 6.58. The third kappa shape index (κ3) is 9.98. The molecule has 0 saturated carbocycles. The van der Waals surface area contributed by atoms with Crippen molar-refractivity contribution in [2.45, 2.75) is 59.1 Å². The predicted molar refractivity (Wildman–Crippen MR) is 203 cm³/mol. The van der Waals surface area contributed by atoms with Gasteiger partial charge in [-0.15, -0.1) is 0 Å².